The minimum Gasteiger partial charge on any atom is -0.508 e. The molecule has 1 atom stereocenters. The van der Waals surface area contributed by atoms with E-state index in [0.717, 1.165) is 0 Å². The minimum absolute atomic E-state index is 0.0890. The van der Waals surface area contributed by atoms with Gasteiger partial charge in [-0.25, -0.2) is 0 Å². The molecule has 162 valence electrons. The molecule has 1 aliphatic rings. The highest BCUT2D eigenvalue weighted by Crippen LogP contribution is 2.25. The van der Waals surface area contributed by atoms with Gasteiger partial charge in [-0.3, -0.25) is 14.7 Å². The molecule has 0 bridgehead atoms. The largest absolute Gasteiger partial charge is 0.508 e. The number of halogens is 3. The summed E-state index contributed by atoms with van der Waals surface area (Å²) in [5.74, 6) is 0.455. The van der Waals surface area contributed by atoms with Crippen molar-refractivity contribution in [1.82, 2.24) is 20.4 Å². The van der Waals surface area contributed by atoms with E-state index in [1.165, 1.54) is 36.1 Å². The number of rotatable bonds is 6. The normalized spacial score (nSPS) is 17.1. The van der Waals surface area contributed by atoms with Crippen LogP contribution in [0.5, 0.6) is 5.75 Å². The first-order valence-electron chi connectivity index (χ1n) is 9.63. The lowest BCUT2D eigenvalue weighted by Gasteiger charge is -2.39. The number of hydrogen-bond acceptors (Lipinski definition) is 4. The first-order valence-corrected chi connectivity index (χ1v) is 9.63. The number of nitrogens with zero attached hydrogens (tertiary/aromatic N) is 3. The van der Waals surface area contributed by atoms with Gasteiger partial charge in [0.25, 0.3) is 5.91 Å². The molecular formula is C19H28F3N5O2. The number of piperazine rings is 1. The van der Waals surface area contributed by atoms with Gasteiger partial charge in [0.1, 0.15) is 11.8 Å². The zero-order chi connectivity index (χ0) is 21.4. The first kappa shape index (κ1) is 22.8. The van der Waals surface area contributed by atoms with Crippen molar-refractivity contribution in [3.63, 3.8) is 0 Å². The van der Waals surface area contributed by atoms with Crippen LogP contribution in [0.15, 0.2) is 29.3 Å². The number of phenols is 1. The molecule has 1 saturated heterocycles. The number of aromatic hydroxyl groups is 1. The summed E-state index contributed by atoms with van der Waals surface area (Å²) in [6.45, 7) is 5.92. The van der Waals surface area contributed by atoms with Gasteiger partial charge in [0.05, 0.1) is 6.54 Å². The fourth-order valence-electron chi connectivity index (χ4n) is 3.00. The van der Waals surface area contributed by atoms with Crippen LogP contribution in [-0.4, -0.2) is 84.8 Å². The number of benzene rings is 1. The molecule has 1 aromatic carbocycles. The predicted octanol–water partition coefficient (Wildman–Crippen LogP) is 1.66. The maximum Gasteiger partial charge on any atom is 0.403 e. The van der Waals surface area contributed by atoms with Crippen LogP contribution >= 0.6 is 0 Å². The van der Waals surface area contributed by atoms with Crippen LogP contribution in [0.4, 0.5) is 13.2 Å². The molecule has 0 spiro atoms. The van der Waals surface area contributed by atoms with E-state index >= 15 is 0 Å². The molecule has 0 aliphatic carbocycles. The van der Waals surface area contributed by atoms with Crippen LogP contribution in [0, 0.1) is 0 Å². The third-order valence-corrected chi connectivity index (χ3v) is 4.76. The number of alkyl halides is 3. The molecule has 0 aromatic heterocycles. The highest BCUT2D eigenvalue weighted by Gasteiger charge is 2.41. The summed E-state index contributed by atoms with van der Waals surface area (Å²) in [7, 11) is 0. The maximum atomic E-state index is 12.9. The zero-order valence-electron chi connectivity index (χ0n) is 16.7. The lowest BCUT2D eigenvalue weighted by Crippen LogP contribution is -2.56. The van der Waals surface area contributed by atoms with E-state index in [9.17, 15) is 23.1 Å². The first-order chi connectivity index (χ1) is 13.7. The molecule has 1 fully saturated rings. The van der Waals surface area contributed by atoms with Gasteiger partial charge in [-0.05, 0) is 38.1 Å². The number of phenolic OH excluding ortho intramolecular Hbond substituents is 1. The molecule has 0 radical (unpaired) electrons. The van der Waals surface area contributed by atoms with E-state index in [-0.39, 0.29) is 11.7 Å². The molecule has 3 N–H and O–H groups in total. The number of amides is 1. The lowest BCUT2D eigenvalue weighted by atomic mass is 10.2. The molecular weight excluding hydrogens is 387 g/mol. The Morgan fingerprint density at radius 3 is 2.34 bits per heavy atom. The van der Waals surface area contributed by atoms with Crippen molar-refractivity contribution in [3.8, 4) is 5.75 Å². The maximum absolute atomic E-state index is 12.9. The Hall–Kier alpha value is -2.49. The number of nitrogens with one attached hydrogen (secondary N) is 2. The van der Waals surface area contributed by atoms with Crippen LogP contribution in [0.3, 0.4) is 0 Å². The molecule has 1 amide bonds. The molecule has 1 aliphatic heterocycles. The lowest BCUT2D eigenvalue weighted by molar-refractivity contribution is -0.181. The van der Waals surface area contributed by atoms with Crippen molar-refractivity contribution in [3.05, 3.63) is 29.8 Å². The average molecular weight is 415 g/mol. The monoisotopic (exact) mass is 415 g/mol. The van der Waals surface area contributed by atoms with Crippen LogP contribution in [-0.2, 0) is 0 Å². The summed E-state index contributed by atoms with van der Waals surface area (Å²) in [5, 5.41) is 15.2. The molecule has 1 heterocycles. The molecule has 1 aromatic rings. The van der Waals surface area contributed by atoms with Crippen LogP contribution in [0.25, 0.3) is 0 Å². The Labute approximate surface area is 168 Å². The number of aliphatic imine (C=N–C) groups is 1. The Morgan fingerprint density at radius 1 is 1.17 bits per heavy atom. The fraction of sp³-hybridized carbons (Fsp3) is 0.579. The summed E-state index contributed by atoms with van der Waals surface area (Å²) in [4.78, 5) is 19.9. The van der Waals surface area contributed by atoms with Crippen molar-refractivity contribution in [2.75, 3.05) is 45.8 Å². The smallest absolute Gasteiger partial charge is 0.403 e. The third kappa shape index (κ3) is 6.81. The van der Waals surface area contributed by atoms with Gasteiger partial charge >= 0.3 is 6.18 Å². The summed E-state index contributed by atoms with van der Waals surface area (Å²) < 4.78 is 38.7. The van der Waals surface area contributed by atoms with Crippen molar-refractivity contribution < 1.29 is 23.1 Å². The minimum atomic E-state index is -4.23. The van der Waals surface area contributed by atoms with Gasteiger partial charge < -0.3 is 20.6 Å². The van der Waals surface area contributed by atoms with Crippen molar-refractivity contribution in [1.29, 1.82) is 0 Å². The van der Waals surface area contributed by atoms with E-state index < -0.39 is 12.2 Å². The van der Waals surface area contributed by atoms with Crippen LogP contribution in [0.2, 0.25) is 0 Å². The van der Waals surface area contributed by atoms with E-state index in [4.69, 9.17) is 0 Å². The van der Waals surface area contributed by atoms with Gasteiger partial charge in [-0.2, -0.15) is 13.2 Å². The van der Waals surface area contributed by atoms with Crippen molar-refractivity contribution >= 4 is 11.9 Å². The van der Waals surface area contributed by atoms with Gasteiger partial charge in [0.15, 0.2) is 5.96 Å². The highest BCUT2D eigenvalue weighted by molar-refractivity contribution is 5.94. The molecule has 2 rings (SSSR count). The second kappa shape index (κ2) is 10.3. The Balaban J connectivity index is 1.83. The van der Waals surface area contributed by atoms with Gasteiger partial charge in [0.2, 0.25) is 0 Å². The van der Waals surface area contributed by atoms with Crippen LogP contribution < -0.4 is 10.6 Å². The van der Waals surface area contributed by atoms with E-state index in [0.29, 0.717) is 57.3 Å². The molecule has 10 heteroatoms. The van der Waals surface area contributed by atoms with Gasteiger partial charge in [-0.15, -0.1) is 0 Å². The number of guanidine groups is 1. The predicted molar refractivity (Wildman–Crippen MR) is 105 cm³/mol. The standard InChI is InChI=1S/C19H28F3N5O2/c1-3-23-18(27-12-10-26(11-13-27)14(2)19(20,21)22)25-9-8-24-17(29)15-4-6-16(28)7-5-15/h4-7,14,28H,3,8-13H2,1-2H3,(H,23,25)(H,24,29). The number of carbonyl (C=O) groups excluding carboxylic acids is 1. The van der Waals surface area contributed by atoms with E-state index in [1.807, 2.05) is 11.8 Å². The molecule has 0 saturated carbocycles. The van der Waals surface area contributed by atoms with Gasteiger partial charge in [0, 0.05) is 44.8 Å². The van der Waals surface area contributed by atoms with Gasteiger partial charge in [-0.1, -0.05) is 0 Å². The Morgan fingerprint density at radius 2 is 1.79 bits per heavy atom. The fourth-order valence-corrected chi connectivity index (χ4v) is 3.00. The SMILES string of the molecule is CCNC(=NCCNC(=O)c1ccc(O)cc1)N1CCN(C(C)C(F)(F)F)CC1. The Bertz CT molecular complexity index is 686. The second-order valence-electron chi connectivity index (χ2n) is 6.78. The zero-order valence-corrected chi connectivity index (χ0v) is 16.7. The average Bonchev–Trinajstić information content (AvgIpc) is 2.69. The second-order valence-corrected chi connectivity index (χ2v) is 6.78. The molecule has 29 heavy (non-hydrogen) atoms. The quantitative estimate of drug-likeness (QED) is 0.374. The molecule has 1 unspecified atom stereocenters. The highest BCUT2D eigenvalue weighted by atomic mass is 19.4. The number of carbonyl (C=O) groups is 1. The van der Waals surface area contributed by atoms with Crippen LogP contribution in [0.1, 0.15) is 24.2 Å². The third-order valence-electron chi connectivity index (χ3n) is 4.76. The Kier molecular flexibility index (Phi) is 8.12. The van der Waals surface area contributed by atoms with Crippen molar-refractivity contribution in [2.45, 2.75) is 26.1 Å². The summed E-state index contributed by atoms with van der Waals surface area (Å²) in [6.07, 6.45) is -4.23. The summed E-state index contributed by atoms with van der Waals surface area (Å²) in [5.41, 5.74) is 0.439. The summed E-state index contributed by atoms with van der Waals surface area (Å²) in [6, 6.07) is 4.48. The van der Waals surface area contributed by atoms with Crippen molar-refractivity contribution in [2.24, 2.45) is 4.99 Å². The topological polar surface area (TPSA) is 80.2 Å². The summed E-state index contributed by atoms with van der Waals surface area (Å²) >= 11 is 0. The number of hydrogen-bond donors (Lipinski definition) is 3. The molecule has 7 nitrogen and oxygen atoms in total. The van der Waals surface area contributed by atoms with E-state index in [2.05, 4.69) is 15.6 Å². The van der Waals surface area contributed by atoms with E-state index in [1.54, 1.807) is 0 Å².